The number of carbonyl (C=O) groups is 6. The van der Waals surface area contributed by atoms with E-state index < -0.39 is 23.4 Å². The van der Waals surface area contributed by atoms with Gasteiger partial charge in [-0.25, -0.2) is 14.5 Å². The maximum absolute atomic E-state index is 12.6. The van der Waals surface area contributed by atoms with E-state index >= 15 is 0 Å². The molecular weight excluding hydrogens is 1110 g/mol. The van der Waals surface area contributed by atoms with Crippen molar-refractivity contribution < 1.29 is 38.2 Å². The van der Waals surface area contributed by atoms with Crippen LogP contribution in [-0.4, -0.2) is 51.4 Å². The van der Waals surface area contributed by atoms with E-state index in [0.29, 0.717) is 59.3 Å². The molecule has 2 N–H and O–H groups in total. The molecule has 0 aromatic heterocycles. The molecule has 0 spiro atoms. The number of amides is 2. The van der Waals surface area contributed by atoms with Gasteiger partial charge in [-0.05, 0) is 95.8 Å². The highest BCUT2D eigenvalue weighted by Crippen LogP contribution is 2.32. The minimum Gasteiger partial charge on any atom is -0.443 e. The Morgan fingerprint density at radius 3 is 0.952 bits per heavy atom. The molecule has 0 heterocycles. The maximum Gasteiger partial charge on any atom is 0.420 e. The zero-order valence-corrected chi connectivity index (χ0v) is 53.5. The molecule has 4 saturated carbocycles. The van der Waals surface area contributed by atoms with E-state index in [0.717, 1.165) is 64.6 Å². The molecule has 84 heavy (non-hydrogen) atoms. The van der Waals surface area contributed by atoms with Crippen molar-refractivity contribution in [2.24, 2.45) is 29.4 Å². The Balaban J connectivity index is 0.000000205. The zero-order chi connectivity index (χ0) is 61.1. The molecule has 0 bridgehead atoms. The van der Waals surface area contributed by atoms with Gasteiger partial charge in [-0.15, -0.1) is 0 Å². The first kappa shape index (κ1) is 68.7. The number of rotatable bonds is 16. The van der Waals surface area contributed by atoms with E-state index in [9.17, 15) is 28.8 Å². The smallest absolute Gasteiger partial charge is 0.420 e. The predicted octanol–water partition coefficient (Wildman–Crippen LogP) is 19.1. The van der Waals surface area contributed by atoms with Crippen molar-refractivity contribution in [3.8, 4) is 0 Å². The number of ketones is 4. The fraction of sp³-hybridized carbons (Fsp3) is 0.507. The van der Waals surface area contributed by atoms with E-state index in [4.69, 9.17) is 15.2 Å². The van der Waals surface area contributed by atoms with Crippen molar-refractivity contribution >= 4 is 51.2 Å². The van der Waals surface area contributed by atoms with Crippen LogP contribution in [0.5, 0.6) is 0 Å². The Morgan fingerprint density at radius 1 is 0.417 bits per heavy atom. The monoisotopic (exact) mass is 1210 g/mol. The van der Waals surface area contributed by atoms with Crippen LogP contribution in [0.2, 0.25) is 0 Å². The van der Waals surface area contributed by atoms with Crippen LogP contribution in [0.15, 0.2) is 127 Å². The van der Waals surface area contributed by atoms with Gasteiger partial charge in [0.25, 0.3) is 0 Å². The van der Waals surface area contributed by atoms with Gasteiger partial charge in [-0.2, -0.15) is 0 Å². The quantitative estimate of drug-likeness (QED) is 0.0752. The lowest BCUT2D eigenvalue weighted by Crippen LogP contribution is -2.43. The second-order valence-corrected chi connectivity index (χ2v) is 26.2. The van der Waals surface area contributed by atoms with Crippen LogP contribution in [0, 0.1) is 37.5 Å². The van der Waals surface area contributed by atoms with Gasteiger partial charge in [0, 0.05) is 59.8 Å². The molecule has 9 rings (SSSR count). The molecule has 0 atom stereocenters. The van der Waals surface area contributed by atoms with Gasteiger partial charge in [0.15, 0.2) is 23.1 Å². The Hall–Kier alpha value is -6.04. The minimum atomic E-state index is -0.766. The molecule has 2 amide bonds. The molecule has 4 aliphatic carbocycles. The van der Waals surface area contributed by atoms with Crippen LogP contribution in [0.4, 0.5) is 9.59 Å². The first-order valence-corrected chi connectivity index (χ1v) is 32.2. The molecule has 10 nitrogen and oxygen atoms in total. The standard InChI is InChI=1S/C24H35NO5.C14H17BrO.C14H19NO.C14H18O.C7H8/c1-23(2,3)29-21(27)25(22(28)30-24(4,5)6)16-18-11-13-19(14-12-18)20(26)15-17-9-7-8-10-17;2*15-10-12-5-7-13(8-6-12)14(16)9-11-3-1-2-4-11;1-11-6-8-13(9-7-11)14(15)10-12-4-2-3-5-12;1-7-5-3-2-4-6-7/h11-14,17H,7-10,15-16H2,1-6H3;5-8,11H,1-4,9-10H2;5-8,11H,1-4,9-10,15H2;6-9,12H,2-5,10H2,1H3;2-6H,1H3. The predicted molar refractivity (Wildman–Crippen MR) is 344 cm³/mol. The summed E-state index contributed by atoms with van der Waals surface area (Å²) in [7, 11) is 0. The fourth-order valence-electron chi connectivity index (χ4n) is 11.1. The van der Waals surface area contributed by atoms with Crippen molar-refractivity contribution in [1.82, 2.24) is 4.90 Å². The number of imide groups is 1. The largest absolute Gasteiger partial charge is 0.443 e. The number of halogens is 1. The Bertz CT molecular complexity index is 2670. The van der Waals surface area contributed by atoms with Crippen molar-refractivity contribution in [3.05, 3.63) is 177 Å². The Morgan fingerprint density at radius 2 is 0.690 bits per heavy atom. The van der Waals surface area contributed by atoms with Crippen molar-refractivity contribution in [2.45, 2.75) is 213 Å². The van der Waals surface area contributed by atoms with Crippen molar-refractivity contribution in [1.29, 1.82) is 0 Å². The lowest BCUT2D eigenvalue weighted by Gasteiger charge is -2.28. The average molecular weight is 1210 g/mol. The van der Waals surface area contributed by atoms with Crippen LogP contribution in [-0.2, 0) is 27.9 Å². The van der Waals surface area contributed by atoms with E-state index in [2.05, 4.69) is 35.0 Å². The first-order chi connectivity index (χ1) is 40.1. The number of hydrogen-bond acceptors (Lipinski definition) is 9. The second kappa shape index (κ2) is 35.4. The van der Waals surface area contributed by atoms with Crippen LogP contribution < -0.4 is 5.73 Å². The van der Waals surface area contributed by atoms with Crippen molar-refractivity contribution in [2.75, 3.05) is 0 Å². The van der Waals surface area contributed by atoms with E-state index in [1.54, 1.807) is 65.8 Å². The molecule has 5 aromatic rings. The summed E-state index contributed by atoms with van der Waals surface area (Å²) in [6.07, 6.45) is 21.2. The second-order valence-electron chi connectivity index (χ2n) is 25.6. The summed E-state index contributed by atoms with van der Waals surface area (Å²) >= 11 is 3.41. The van der Waals surface area contributed by atoms with Gasteiger partial charge >= 0.3 is 12.2 Å². The minimum absolute atomic E-state index is 0.000915. The summed E-state index contributed by atoms with van der Waals surface area (Å²) < 4.78 is 10.8. The molecule has 0 aliphatic heterocycles. The molecular formula is C73H97BrN2O8. The summed E-state index contributed by atoms with van der Waals surface area (Å²) in [6.45, 7) is 15.1. The topological polar surface area (TPSA) is 150 Å². The van der Waals surface area contributed by atoms with Gasteiger partial charge in [-0.3, -0.25) is 19.2 Å². The number of carbonyl (C=O) groups excluding carboxylic acids is 6. The first-order valence-electron chi connectivity index (χ1n) is 31.1. The van der Waals surface area contributed by atoms with Crippen molar-refractivity contribution in [3.63, 3.8) is 0 Å². The third-order valence-corrected chi connectivity index (χ3v) is 16.5. The molecule has 0 unspecified atom stereocenters. The Kier molecular flexibility index (Phi) is 29.0. The van der Waals surface area contributed by atoms with Crippen LogP contribution in [0.3, 0.4) is 0 Å². The van der Waals surface area contributed by atoms with Crippen LogP contribution >= 0.6 is 15.9 Å². The van der Waals surface area contributed by atoms with Crippen LogP contribution in [0.1, 0.15) is 239 Å². The summed E-state index contributed by atoms with van der Waals surface area (Å²) in [6, 6.07) is 40.9. The Labute approximate surface area is 512 Å². The third kappa shape index (κ3) is 26.1. The van der Waals surface area contributed by atoms with Gasteiger partial charge < -0.3 is 15.2 Å². The van der Waals surface area contributed by atoms with E-state index in [-0.39, 0.29) is 18.1 Å². The highest BCUT2D eigenvalue weighted by atomic mass is 79.9. The number of hydrogen-bond donors (Lipinski definition) is 1. The molecule has 454 valence electrons. The third-order valence-electron chi connectivity index (χ3n) is 15.9. The molecule has 0 radical (unpaired) electrons. The number of Topliss-reactive ketones (excluding diaryl/α,β-unsaturated/α-hetero) is 4. The summed E-state index contributed by atoms with van der Waals surface area (Å²) in [4.78, 5) is 74.5. The fourth-order valence-corrected chi connectivity index (χ4v) is 11.4. The zero-order valence-electron chi connectivity index (χ0n) is 51.9. The highest BCUT2D eigenvalue weighted by molar-refractivity contribution is 9.08. The van der Waals surface area contributed by atoms with Gasteiger partial charge in [0.05, 0.1) is 6.54 Å². The van der Waals surface area contributed by atoms with E-state index in [1.165, 1.54) is 107 Å². The number of alkyl halides is 1. The van der Waals surface area contributed by atoms with Gasteiger partial charge in [0.2, 0.25) is 0 Å². The average Bonchev–Trinajstić information content (AvgIpc) is 4.46. The lowest BCUT2D eigenvalue weighted by atomic mass is 9.96. The van der Waals surface area contributed by atoms with Gasteiger partial charge in [-0.1, -0.05) is 257 Å². The van der Waals surface area contributed by atoms with E-state index in [1.807, 2.05) is 97.9 Å². The summed E-state index contributed by atoms with van der Waals surface area (Å²) in [5, 5.41) is 0.851. The van der Waals surface area contributed by atoms with Crippen LogP contribution in [0.25, 0.3) is 0 Å². The number of nitrogens with two attached hydrogens (primary N) is 1. The molecule has 11 heteroatoms. The SMILES string of the molecule is CC(C)(C)OC(=O)N(Cc1ccc(C(=O)CC2CCCC2)cc1)C(=O)OC(C)(C)C.Cc1ccc(C(=O)CC2CCCC2)cc1.Cc1ccccc1.NCc1ccc(C(=O)CC2CCCC2)cc1.O=C(CC1CCCC1)c1ccc(CBr)cc1. The number of nitrogens with zero attached hydrogens (tertiary/aromatic N) is 1. The molecule has 5 aromatic carbocycles. The highest BCUT2D eigenvalue weighted by Gasteiger charge is 2.32. The molecule has 4 fully saturated rings. The van der Waals surface area contributed by atoms with Gasteiger partial charge in [0.1, 0.15) is 11.2 Å². The normalized spacial score (nSPS) is 15.4. The summed E-state index contributed by atoms with van der Waals surface area (Å²) in [5.74, 6) is 3.48. The number of aryl methyl sites for hydroxylation is 2. The number of ether oxygens (including phenoxy) is 2. The lowest BCUT2D eigenvalue weighted by molar-refractivity contribution is -0.000342. The summed E-state index contributed by atoms with van der Waals surface area (Å²) in [5.41, 5.74) is 12.8. The maximum atomic E-state index is 12.6. The molecule has 4 aliphatic rings. The number of benzene rings is 5. The molecule has 0 saturated heterocycles.